The van der Waals surface area contributed by atoms with Crippen molar-refractivity contribution in [2.75, 3.05) is 17.2 Å². The van der Waals surface area contributed by atoms with Crippen LogP contribution in [0.1, 0.15) is 12.5 Å². The number of pyridine rings is 1. The van der Waals surface area contributed by atoms with E-state index >= 15 is 0 Å². The second-order valence-electron chi connectivity index (χ2n) is 3.92. The summed E-state index contributed by atoms with van der Waals surface area (Å²) in [4.78, 5) is 6.54. The van der Waals surface area contributed by atoms with Crippen molar-refractivity contribution in [1.29, 1.82) is 0 Å². The highest BCUT2D eigenvalue weighted by atomic mass is 15.2. The Hall–Kier alpha value is -2.03. The lowest BCUT2D eigenvalue weighted by molar-refractivity contribution is 0.815. The third-order valence-corrected chi connectivity index (χ3v) is 2.68. The molecule has 17 heavy (non-hydrogen) atoms. The fraction of sp³-hybridized carbons (Fsp3) is 0.214. The van der Waals surface area contributed by atoms with Gasteiger partial charge in [-0.1, -0.05) is 36.4 Å². The lowest BCUT2D eigenvalue weighted by atomic mass is 10.2. The predicted molar refractivity (Wildman–Crippen MR) is 71.8 cm³/mol. The lowest BCUT2D eigenvalue weighted by Crippen LogP contribution is -2.23. The lowest BCUT2D eigenvalue weighted by Gasteiger charge is -2.22. The minimum atomic E-state index is 0.564. The van der Waals surface area contributed by atoms with Crippen molar-refractivity contribution < 1.29 is 0 Å². The molecule has 0 spiro atoms. The maximum Gasteiger partial charge on any atom is 0.131 e. The van der Waals surface area contributed by atoms with Gasteiger partial charge in [0, 0.05) is 13.1 Å². The molecule has 88 valence electrons. The summed E-state index contributed by atoms with van der Waals surface area (Å²) in [6.07, 6.45) is 0. The van der Waals surface area contributed by atoms with E-state index < -0.39 is 0 Å². The van der Waals surface area contributed by atoms with E-state index in [0.717, 1.165) is 18.9 Å². The number of nitrogens with two attached hydrogens (primary N) is 1. The van der Waals surface area contributed by atoms with Gasteiger partial charge in [-0.05, 0) is 24.6 Å². The molecular weight excluding hydrogens is 210 g/mol. The first kappa shape index (κ1) is 11.5. The minimum absolute atomic E-state index is 0.564. The van der Waals surface area contributed by atoms with Gasteiger partial charge in [-0.15, -0.1) is 0 Å². The first-order valence-electron chi connectivity index (χ1n) is 5.81. The van der Waals surface area contributed by atoms with Crippen molar-refractivity contribution in [1.82, 2.24) is 4.98 Å². The van der Waals surface area contributed by atoms with E-state index in [4.69, 9.17) is 5.73 Å². The van der Waals surface area contributed by atoms with E-state index in [9.17, 15) is 0 Å². The zero-order chi connectivity index (χ0) is 12.1. The molecule has 0 fully saturated rings. The Kier molecular flexibility index (Phi) is 3.60. The summed E-state index contributed by atoms with van der Waals surface area (Å²) in [6.45, 7) is 3.88. The SMILES string of the molecule is CCN(Cc1ccccc1)c1cccc(N)n1. The molecule has 0 aliphatic carbocycles. The van der Waals surface area contributed by atoms with Crippen LogP contribution in [0, 0.1) is 0 Å². The molecule has 3 nitrogen and oxygen atoms in total. The number of benzene rings is 1. The van der Waals surface area contributed by atoms with Crippen LogP contribution in [0.5, 0.6) is 0 Å². The molecule has 0 saturated carbocycles. The van der Waals surface area contributed by atoms with Crippen LogP contribution in [0.2, 0.25) is 0 Å². The molecule has 1 aromatic heterocycles. The van der Waals surface area contributed by atoms with Gasteiger partial charge in [-0.25, -0.2) is 4.98 Å². The van der Waals surface area contributed by atoms with Gasteiger partial charge in [0.2, 0.25) is 0 Å². The first-order valence-corrected chi connectivity index (χ1v) is 5.81. The molecule has 1 aromatic carbocycles. The summed E-state index contributed by atoms with van der Waals surface area (Å²) in [7, 11) is 0. The van der Waals surface area contributed by atoms with Crippen LogP contribution in [0.3, 0.4) is 0 Å². The van der Waals surface area contributed by atoms with Crippen LogP contribution in [0.25, 0.3) is 0 Å². The Morgan fingerprint density at radius 2 is 1.82 bits per heavy atom. The van der Waals surface area contributed by atoms with E-state index in [2.05, 4.69) is 41.1 Å². The molecular formula is C14H17N3. The molecule has 2 aromatic rings. The number of nitrogens with zero attached hydrogens (tertiary/aromatic N) is 2. The van der Waals surface area contributed by atoms with Crippen LogP contribution < -0.4 is 10.6 Å². The number of anilines is 2. The Morgan fingerprint density at radius 3 is 2.47 bits per heavy atom. The molecule has 3 heteroatoms. The summed E-state index contributed by atoms with van der Waals surface area (Å²) < 4.78 is 0. The smallest absolute Gasteiger partial charge is 0.131 e. The largest absolute Gasteiger partial charge is 0.384 e. The maximum atomic E-state index is 5.71. The van der Waals surface area contributed by atoms with E-state index in [0.29, 0.717) is 5.82 Å². The van der Waals surface area contributed by atoms with E-state index in [1.807, 2.05) is 18.2 Å². The summed E-state index contributed by atoms with van der Waals surface area (Å²) in [5, 5.41) is 0. The molecule has 1 heterocycles. The second kappa shape index (κ2) is 5.34. The zero-order valence-electron chi connectivity index (χ0n) is 10.0. The quantitative estimate of drug-likeness (QED) is 0.873. The molecule has 0 radical (unpaired) electrons. The Bertz CT molecular complexity index is 468. The Labute approximate surface area is 102 Å². The number of nitrogen functional groups attached to an aromatic ring is 1. The standard InChI is InChI=1S/C14H17N3/c1-2-17(11-12-7-4-3-5-8-12)14-10-6-9-13(15)16-14/h3-10H,2,11H2,1H3,(H2,15,16). The van der Waals surface area contributed by atoms with Crippen molar-refractivity contribution in [3.05, 3.63) is 54.1 Å². The van der Waals surface area contributed by atoms with Crippen molar-refractivity contribution in [3.8, 4) is 0 Å². The fourth-order valence-electron chi connectivity index (χ4n) is 1.77. The van der Waals surface area contributed by atoms with Gasteiger partial charge < -0.3 is 10.6 Å². The molecule has 0 aliphatic heterocycles. The third kappa shape index (κ3) is 2.97. The molecule has 0 aliphatic rings. The number of hydrogen-bond acceptors (Lipinski definition) is 3. The molecule has 0 saturated heterocycles. The van der Waals surface area contributed by atoms with Crippen LogP contribution in [0.4, 0.5) is 11.6 Å². The second-order valence-corrected chi connectivity index (χ2v) is 3.92. The zero-order valence-corrected chi connectivity index (χ0v) is 10.0. The van der Waals surface area contributed by atoms with Gasteiger partial charge in [0.25, 0.3) is 0 Å². The highest BCUT2D eigenvalue weighted by Crippen LogP contribution is 2.15. The van der Waals surface area contributed by atoms with Crippen molar-refractivity contribution >= 4 is 11.6 Å². The molecule has 0 unspecified atom stereocenters. The topological polar surface area (TPSA) is 42.1 Å². The van der Waals surface area contributed by atoms with Crippen molar-refractivity contribution in [2.45, 2.75) is 13.5 Å². The monoisotopic (exact) mass is 227 g/mol. The molecule has 0 amide bonds. The normalized spacial score (nSPS) is 10.2. The number of hydrogen-bond donors (Lipinski definition) is 1. The fourth-order valence-corrected chi connectivity index (χ4v) is 1.77. The van der Waals surface area contributed by atoms with Gasteiger partial charge in [0.15, 0.2) is 0 Å². The Morgan fingerprint density at radius 1 is 1.06 bits per heavy atom. The van der Waals surface area contributed by atoms with Gasteiger partial charge in [-0.2, -0.15) is 0 Å². The van der Waals surface area contributed by atoms with Gasteiger partial charge >= 0.3 is 0 Å². The average molecular weight is 227 g/mol. The molecule has 0 bridgehead atoms. The van der Waals surface area contributed by atoms with E-state index in [-0.39, 0.29) is 0 Å². The Balaban J connectivity index is 2.17. The van der Waals surface area contributed by atoms with Gasteiger partial charge in [-0.3, -0.25) is 0 Å². The van der Waals surface area contributed by atoms with Gasteiger partial charge in [0.1, 0.15) is 11.6 Å². The van der Waals surface area contributed by atoms with Crippen LogP contribution in [-0.2, 0) is 6.54 Å². The average Bonchev–Trinajstić information content (AvgIpc) is 2.37. The van der Waals surface area contributed by atoms with Crippen LogP contribution in [-0.4, -0.2) is 11.5 Å². The number of rotatable bonds is 4. The maximum absolute atomic E-state index is 5.71. The molecule has 0 atom stereocenters. The summed E-state index contributed by atoms with van der Waals surface area (Å²) in [5.74, 6) is 1.49. The van der Waals surface area contributed by atoms with Crippen LogP contribution >= 0.6 is 0 Å². The third-order valence-electron chi connectivity index (χ3n) is 2.68. The number of aromatic nitrogens is 1. The highest BCUT2D eigenvalue weighted by Gasteiger charge is 2.06. The van der Waals surface area contributed by atoms with Crippen LogP contribution in [0.15, 0.2) is 48.5 Å². The van der Waals surface area contributed by atoms with Crippen molar-refractivity contribution in [2.24, 2.45) is 0 Å². The summed E-state index contributed by atoms with van der Waals surface area (Å²) >= 11 is 0. The molecule has 2 rings (SSSR count). The highest BCUT2D eigenvalue weighted by molar-refractivity contribution is 5.45. The van der Waals surface area contributed by atoms with Crippen molar-refractivity contribution in [3.63, 3.8) is 0 Å². The van der Waals surface area contributed by atoms with Gasteiger partial charge in [0.05, 0.1) is 0 Å². The van der Waals surface area contributed by atoms with E-state index in [1.165, 1.54) is 5.56 Å². The minimum Gasteiger partial charge on any atom is -0.384 e. The summed E-state index contributed by atoms with van der Waals surface area (Å²) in [6, 6.07) is 16.1. The molecule has 2 N–H and O–H groups in total. The van der Waals surface area contributed by atoms with E-state index in [1.54, 1.807) is 6.07 Å². The first-order chi connectivity index (χ1) is 8.29. The predicted octanol–water partition coefficient (Wildman–Crippen LogP) is 2.69. The summed E-state index contributed by atoms with van der Waals surface area (Å²) in [5.41, 5.74) is 6.98.